The molecule has 0 fully saturated rings. The van der Waals surface area contributed by atoms with Crippen LogP contribution in [0.2, 0.25) is 0 Å². The molecular weight excluding hydrogens is 184 g/mol. The molecule has 2 heteroatoms. The summed E-state index contributed by atoms with van der Waals surface area (Å²) in [4.78, 5) is 5.45. The third-order valence-corrected chi connectivity index (χ3v) is 2.73. The molecule has 0 aliphatic heterocycles. The molecule has 1 radical (unpaired) electrons. The van der Waals surface area contributed by atoms with E-state index < -0.39 is 0 Å². The average Bonchev–Trinajstić information content (AvgIpc) is 2.69. The summed E-state index contributed by atoms with van der Waals surface area (Å²) in [5.74, 6) is 0. The number of para-hydroxylation sites is 1. The van der Waals surface area contributed by atoms with Crippen LogP contribution in [-0.4, -0.2) is 18.6 Å². The molecule has 2 nitrogen and oxygen atoms in total. The van der Waals surface area contributed by atoms with Gasteiger partial charge in [0.2, 0.25) is 0 Å². The van der Waals surface area contributed by atoms with Crippen LogP contribution in [0.4, 0.5) is 5.69 Å². The first kappa shape index (κ1) is 10.1. The molecule has 2 aromatic rings. The lowest BCUT2D eigenvalue weighted by molar-refractivity contribution is 0.768. The molecule has 15 heavy (non-hydrogen) atoms. The summed E-state index contributed by atoms with van der Waals surface area (Å²) in [7, 11) is 2.13. The number of nitrogens with zero attached hydrogens (tertiary/aromatic N) is 1. The first-order chi connectivity index (χ1) is 7.33. The Morgan fingerprint density at radius 1 is 1.33 bits per heavy atom. The SMILES string of the molecule is CCCCN(C)c1[c][nH]c2ccccc12. The second-order valence-corrected chi connectivity index (χ2v) is 3.92. The van der Waals surface area contributed by atoms with Gasteiger partial charge in [-0.15, -0.1) is 0 Å². The van der Waals surface area contributed by atoms with Gasteiger partial charge in [-0.1, -0.05) is 31.5 Å². The minimum atomic E-state index is 1.09. The van der Waals surface area contributed by atoms with Gasteiger partial charge >= 0.3 is 0 Å². The molecule has 2 rings (SSSR count). The van der Waals surface area contributed by atoms with Crippen molar-refractivity contribution in [2.75, 3.05) is 18.5 Å². The zero-order valence-corrected chi connectivity index (χ0v) is 9.38. The van der Waals surface area contributed by atoms with Gasteiger partial charge in [-0.2, -0.15) is 0 Å². The third-order valence-electron chi connectivity index (χ3n) is 2.73. The van der Waals surface area contributed by atoms with Crippen molar-refractivity contribution in [3.05, 3.63) is 30.5 Å². The topological polar surface area (TPSA) is 19.0 Å². The smallest absolute Gasteiger partial charge is 0.0890 e. The average molecular weight is 201 g/mol. The maximum Gasteiger partial charge on any atom is 0.0890 e. The fourth-order valence-electron chi connectivity index (χ4n) is 1.80. The number of aromatic amines is 1. The molecule has 0 spiro atoms. The number of nitrogens with one attached hydrogen (secondary N) is 1. The normalized spacial score (nSPS) is 10.8. The fourth-order valence-corrected chi connectivity index (χ4v) is 1.80. The van der Waals surface area contributed by atoms with E-state index >= 15 is 0 Å². The first-order valence-corrected chi connectivity index (χ1v) is 5.52. The van der Waals surface area contributed by atoms with E-state index in [1.807, 2.05) is 6.07 Å². The Balaban J connectivity index is 2.27. The van der Waals surface area contributed by atoms with Crippen molar-refractivity contribution in [3.8, 4) is 0 Å². The molecule has 0 atom stereocenters. The Labute approximate surface area is 90.9 Å². The van der Waals surface area contributed by atoms with Gasteiger partial charge < -0.3 is 9.88 Å². The van der Waals surface area contributed by atoms with Crippen molar-refractivity contribution in [1.82, 2.24) is 4.98 Å². The van der Waals surface area contributed by atoms with Gasteiger partial charge in [-0.05, 0) is 12.5 Å². The summed E-state index contributed by atoms with van der Waals surface area (Å²) < 4.78 is 0. The summed E-state index contributed by atoms with van der Waals surface area (Å²) >= 11 is 0. The predicted molar refractivity (Wildman–Crippen MR) is 65.3 cm³/mol. The third kappa shape index (κ3) is 1.99. The number of H-pyrrole nitrogens is 1. The quantitative estimate of drug-likeness (QED) is 0.804. The van der Waals surface area contributed by atoms with Gasteiger partial charge in [-0.25, -0.2) is 0 Å². The molecule has 0 saturated carbocycles. The van der Waals surface area contributed by atoms with Crippen LogP contribution in [0.25, 0.3) is 10.9 Å². The molecule has 1 aromatic heterocycles. The molecule has 0 amide bonds. The summed E-state index contributed by atoms with van der Waals surface area (Å²) in [5, 5.41) is 1.26. The number of hydrogen-bond donors (Lipinski definition) is 1. The van der Waals surface area contributed by atoms with E-state index in [4.69, 9.17) is 0 Å². The Bertz CT molecular complexity index is 431. The molecule has 79 valence electrons. The van der Waals surface area contributed by atoms with Crippen molar-refractivity contribution >= 4 is 16.6 Å². The van der Waals surface area contributed by atoms with Crippen molar-refractivity contribution in [2.24, 2.45) is 0 Å². The van der Waals surface area contributed by atoms with Gasteiger partial charge in [0.1, 0.15) is 0 Å². The minimum Gasteiger partial charge on any atom is -0.372 e. The Morgan fingerprint density at radius 3 is 2.93 bits per heavy atom. The number of fused-ring (bicyclic) bond motifs is 1. The number of rotatable bonds is 4. The van der Waals surface area contributed by atoms with Gasteiger partial charge in [0.25, 0.3) is 0 Å². The van der Waals surface area contributed by atoms with Crippen LogP contribution in [0.5, 0.6) is 0 Å². The monoisotopic (exact) mass is 201 g/mol. The van der Waals surface area contributed by atoms with E-state index in [2.05, 4.69) is 48.3 Å². The number of benzene rings is 1. The first-order valence-electron chi connectivity index (χ1n) is 5.52. The van der Waals surface area contributed by atoms with Crippen molar-refractivity contribution in [3.63, 3.8) is 0 Å². The summed E-state index contributed by atoms with van der Waals surface area (Å²) in [6.07, 6.45) is 5.68. The van der Waals surface area contributed by atoms with Crippen LogP contribution in [-0.2, 0) is 0 Å². The van der Waals surface area contributed by atoms with Gasteiger partial charge in [0.05, 0.1) is 11.9 Å². The van der Waals surface area contributed by atoms with Crippen LogP contribution in [0.1, 0.15) is 19.8 Å². The van der Waals surface area contributed by atoms with E-state index in [-0.39, 0.29) is 0 Å². The van der Waals surface area contributed by atoms with E-state index in [1.165, 1.54) is 23.9 Å². The van der Waals surface area contributed by atoms with Gasteiger partial charge in [0.15, 0.2) is 0 Å². The molecule has 1 N–H and O–H groups in total. The van der Waals surface area contributed by atoms with E-state index in [9.17, 15) is 0 Å². The number of hydrogen-bond acceptors (Lipinski definition) is 1. The zero-order valence-electron chi connectivity index (χ0n) is 9.38. The Morgan fingerprint density at radius 2 is 2.13 bits per heavy atom. The summed E-state index contributed by atoms with van der Waals surface area (Å²) in [5.41, 5.74) is 2.34. The lowest BCUT2D eigenvalue weighted by Gasteiger charge is -2.17. The number of aromatic nitrogens is 1. The zero-order chi connectivity index (χ0) is 10.7. The highest BCUT2D eigenvalue weighted by Crippen LogP contribution is 2.24. The maximum absolute atomic E-state index is 3.22. The van der Waals surface area contributed by atoms with Crippen LogP contribution < -0.4 is 4.90 Å². The second-order valence-electron chi connectivity index (χ2n) is 3.92. The molecule has 0 unspecified atom stereocenters. The highest BCUT2D eigenvalue weighted by Gasteiger charge is 2.07. The Hall–Kier alpha value is -1.44. The molecular formula is C13H17N2. The summed E-state index contributed by atoms with van der Waals surface area (Å²) in [6.45, 7) is 3.31. The number of anilines is 1. The molecule has 0 bridgehead atoms. The fraction of sp³-hybridized carbons (Fsp3) is 0.385. The van der Waals surface area contributed by atoms with Crippen LogP contribution >= 0.6 is 0 Å². The molecule has 0 aliphatic carbocycles. The Kier molecular flexibility index (Phi) is 2.95. The van der Waals surface area contributed by atoms with E-state index in [0.717, 1.165) is 12.1 Å². The van der Waals surface area contributed by atoms with Gasteiger partial charge in [0, 0.05) is 24.5 Å². The van der Waals surface area contributed by atoms with Crippen molar-refractivity contribution in [1.29, 1.82) is 0 Å². The molecule has 1 heterocycles. The lowest BCUT2D eigenvalue weighted by atomic mass is 10.2. The second kappa shape index (κ2) is 4.39. The molecule has 0 aliphatic rings. The van der Waals surface area contributed by atoms with E-state index in [1.54, 1.807) is 0 Å². The van der Waals surface area contributed by atoms with Crippen LogP contribution in [0, 0.1) is 6.20 Å². The number of unbranched alkanes of at least 4 members (excludes halogenated alkanes) is 1. The van der Waals surface area contributed by atoms with Crippen molar-refractivity contribution < 1.29 is 0 Å². The van der Waals surface area contributed by atoms with Crippen LogP contribution in [0.15, 0.2) is 24.3 Å². The maximum atomic E-state index is 3.22. The minimum absolute atomic E-state index is 1.09. The standard InChI is InChI=1S/C13H17N2/c1-3-4-9-15(2)13-10-14-12-8-6-5-7-11(12)13/h5-8,14H,3-4,9H2,1-2H3. The highest BCUT2D eigenvalue weighted by molar-refractivity contribution is 5.92. The molecule has 0 saturated heterocycles. The van der Waals surface area contributed by atoms with Gasteiger partial charge in [-0.3, -0.25) is 0 Å². The highest BCUT2D eigenvalue weighted by atomic mass is 15.1. The van der Waals surface area contributed by atoms with Crippen molar-refractivity contribution in [2.45, 2.75) is 19.8 Å². The molecule has 1 aromatic carbocycles. The summed E-state index contributed by atoms with van der Waals surface area (Å²) in [6, 6.07) is 8.34. The van der Waals surface area contributed by atoms with E-state index in [0.29, 0.717) is 0 Å². The predicted octanol–water partition coefficient (Wildman–Crippen LogP) is 3.20. The van der Waals surface area contributed by atoms with Crippen LogP contribution in [0.3, 0.4) is 0 Å². The lowest BCUT2D eigenvalue weighted by Crippen LogP contribution is -2.17. The largest absolute Gasteiger partial charge is 0.372 e.